The van der Waals surface area contributed by atoms with Gasteiger partial charge < -0.3 is 14.2 Å². The van der Waals surface area contributed by atoms with Crippen LogP contribution in [0.4, 0.5) is 8.78 Å². The maximum Gasteiger partial charge on any atom is 0.171 e. The standard InChI is InChI=1S/C14H14F2O3/c15-9-1-2-11(16)10(7-9)14-4-3-13(8-12(14)19-14)17-5-6-18-13/h1-2,7,12H,3-6,8H2/t12-,14-/m1/s1. The summed E-state index contributed by atoms with van der Waals surface area (Å²) in [6, 6.07) is 3.52. The normalized spacial score (nSPS) is 35.4. The molecule has 3 nitrogen and oxygen atoms in total. The molecule has 4 rings (SSSR count). The van der Waals surface area contributed by atoms with E-state index in [1.807, 2.05) is 0 Å². The van der Waals surface area contributed by atoms with Crippen LogP contribution in [0.15, 0.2) is 18.2 Å². The van der Waals surface area contributed by atoms with Gasteiger partial charge in [-0.05, 0) is 24.6 Å². The fraction of sp³-hybridized carbons (Fsp3) is 0.571. The zero-order chi connectivity index (χ0) is 13.1. The van der Waals surface area contributed by atoms with Gasteiger partial charge >= 0.3 is 0 Å². The summed E-state index contributed by atoms with van der Waals surface area (Å²) in [5.41, 5.74) is -0.349. The Hall–Kier alpha value is -1.04. The summed E-state index contributed by atoms with van der Waals surface area (Å²) in [4.78, 5) is 0. The van der Waals surface area contributed by atoms with Crippen LogP contribution < -0.4 is 0 Å². The Balaban J connectivity index is 1.63. The molecule has 2 heterocycles. The number of ether oxygens (including phenoxy) is 3. The van der Waals surface area contributed by atoms with Crippen LogP contribution >= 0.6 is 0 Å². The van der Waals surface area contributed by atoms with E-state index in [1.165, 1.54) is 6.07 Å². The zero-order valence-corrected chi connectivity index (χ0v) is 10.3. The first kappa shape index (κ1) is 11.8. The third-order valence-corrected chi connectivity index (χ3v) is 4.39. The first-order chi connectivity index (χ1) is 9.14. The first-order valence-electron chi connectivity index (χ1n) is 6.55. The molecule has 102 valence electrons. The molecule has 0 bridgehead atoms. The highest BCUT2D eigenvalue weighted by Crippen LogP contribution is 2.59. The smallest absolute Gasteiger partial charge is 0.171 e. The number of benzene rings is 1. The molecule has 0 aromatic heterocycles. The summed E-state index contributed by atoms with van der Waals surface area (Å²) in [7, 11) is 0. The lowest BCUT2D eigenvalue weighted by Gasteiger charge is -2.32. The van der Waals surface area contributed by atoms with Crippen LogP contribution in [0.25, 0.3) is 0 Å². The van der Waals surface area contributed by atoms with Gasteiger partial charge in [-0.3, -0.25) is 0 Å². The van der Waals surface area contributed by atoms with E-state index in [2.05, 4.69) is 0 Å². The molecule has 2 atom stereocenters. The fourth-order valence-electron chi connectivity index (χ4n) is 3.36. The van der Waals surface area contributed by atoms with Gasteiger partial charge in [0.05, 0.1) is 19.3 Å². The lowest BCUT2D eigenvalue weighted by molar-refractivity contribution is -0.175. The molecule has 0 N–H and O–H groups in total. The van der Waals surface area contributed by atoms with Crippen molar-refractivity contribution in [2.75, 3.05) is 13.2 Å². The molecule has 0 radical (unpaired) electrons. The Labute approximate surface area is 109 Å². The monoisotopic (exact) mass is 268 g/mol. The molecule has 2 saturated heterocycles. The number of hydrogen-bond acceptors (Lipinski definition) is 3. The van der Waals surface area contributed by atoms with E-state index in [0.29, 0.717) is 38.0 Å². The van der Waals surface area contributed by atoms with Crippen LogP contribution in [0.1, 0.15) is 24.8 Å². The van der Waals surface area contributed by atoms with Gasteiger partial charge in [-0.1, -0.05) is 0 Å². The topological polar surface area (TPSA) is 31.0 Å². The number of fused-ring (bicyclic) bond motifs is 1. The van der Waals surface area contributed by atoms with Crippen molar-refractivity contribution in [3.63, 3.8) is 0 Å². The predicted octanol–water partition coefficient (Wildman–Crippen LogP) is 2.49. The maximum atomic E-state index is 13.9. The van der Waals surface area contributed by atoms with E-state index in [-0.39, 0.29) is 6.10 Å². The van der Waals surface area contributed by atoms with E-state index in [1.54, 1.807) is 0 Å². The van der Waals surface area contributed by atoms with Crippen LogP contribution in [0.5, 0.6) is 0 Å². The van der Waals surface area contributed by atoms with Crippen molar-refractivity contribution >= 4 is 0 Å². The molecule has 1 aromatic rings. The third kappa shape index (κ3) is 1.65. The van der Waals surface area contributed by atoms with Gasteiger partial charge in [-0.2, -0.15) is 0 Å². The van der Waals surface area contributed by atoms with Crippen LogP contribution in [-0.4, -0.2) is 25.1 Å². The Morgan fingerprint density at radius 2 is 1.89 bits per heavy atom. The second-order valence-corrected chi connectivity index (χ2v) is 5.43. The lowest BCUT2D eigenvalue weighted by atomic mass is 9.80. The van der Waals surface area contributed by atoms with Crippen LogP contribution in [-0.2, 0) is 19.8 Å². The summed E-state index contributed by atoms with van der Waals surface area (Å²) >= 11 is 0. The minimum Gasteiger partial charge on any atom is -0.361 e. The molecule has 0 amide bonds. The molecular weight excluding hydrogens is 254 g/mol. The SMILES string of the molecule is Fc1ccc(F)c([C@]23CCC4(C[C@H]2O3)OCCO4)c1. The van der Waals surface area contributed by atoms with Crippen LogP contribution in [0.2, 0.25) is 0 Å². The molecule has 5 heteroatoms. The Morgan fingerprint density at radius 3 is 2.63 bits per heavy atom. The Morgan fingerprint density at radius 1 is 1.11 bits per heavy atom. The van der Waals surface area contributed by atoms with E-state index >= 15 is 0 Å². The van der Waals surface area contributed by atoms with E-state index in [9.17, 15) is 8.78 Å². The molecule has 1 aromatic carbocycles. The molecular formula is C14H14F2O3. The van der Waals surface area contributed by atoms with E-state index in [4.69, 9.17) is 14.2 Å². The van der Waals surface area contributed by atoms with Gasteiger partial charge in [0, 0.05) is 18.4 Å². The van der Waals surface area contributed by atoms with Crippen molar-refractivity contribution in [2.24, 2.45) is 0 Å². The van der Waals surface area contributed by atoms with Gasteiger partial charge in [0.25, 0.3) is 0 Å². The van der Waals surface area contributed by atoms with Gasteiger partial charge in [0.1, 0.15) is 17.2 Å². The molecule has 1 saturated carbocycles. The second kappa shape index (κ2) is 3.75. The summed E-state index contributed by atoms with van der Waals surface area (Å²) in [6.45, 7) is 1.18. The van der Waals surface area contributed by atoms with Gasteiger partial charge in [0.2, 0.25) is 0 Å². The second-order valence-electron chi connectivity index (χ2n) is 5.43. The largest absolute Gasteiger partial charge is 0.361 e. The maximum absolute atomic E-state index is 13.9. The third-order valence-electron chi connectivity index (χ3n) is 4.39. The average molecular weight is 268 g/mol. The van der Waals surface area contributed by atoms with Crippen molar-refractivity contribution in [3.8, 4) is 0 Å². The highest BCUT2D eigenvalue weighted by atomic mass is 19.1. The summed E-state index contributed by atoms with van der Waals surface area (Å²) in [5, 5.41) is 0. The molecule has 1 aliphatic carbocycles. The van der Waals surface area contributed by atoms with Crippen LogP contribution in [0, 0.1) is 11.6 Å². The average Bonchev–Trinajstić information content (AvgIpc) is 2.94. The summed E-state index contributed by atoms with van der Waals surface area (Å²) in [5.74, 6) is -1.41. The molecule has 3 fully saturated rings. The Bertz CT molecular complexity index is 527. The molecule has 19 heavy (non-hydrogen) atoms. The highest BCUT2D eigenvalue weighted by Gasteiger charge is 2.65. The number of hydrogen-bond donors (Lipinski definition) is 0. The van der Waals surface area contributed by atoms with Crippen molar-refractivity contribution < 1.29 is 23.0 Å². The molecule has 3 aliphatic rings. The van der Waals surface area contributed by atoms with Crippen molar-refractivity contribution in [2.45, 2.75) is 36.8 Å². The van der Waals surface area contributed by atoms with E-state index in [0.717, 1.165) is 12.1 Å². The molecule has 0 unspecified atom stereocenters. The minimum atomic E-state index is -0.674. The van der Waals surface area contributed by atoms with Gasteiger partial charge in [-0.15, -0.1) is 0 Å². The first-order valence-corrected chi connectivity index (χ1v) is 6.55. The van der Waals surface area contributed by atoms with Gasteiger partial charge in [-0.25, -0.2) is 8.78 Å². The van der Waals surface area contributed by atoms with Gasteiger partial charge in [0.15, 0.2) is 5.79 Å². The quantitative estimate of drug-likeness (QED) is 0.733. The predicted molar refractivity (Wildman–Crippen MR) is 61.4 cm³/mol. The number of rotatable bonds is 1. The fourth-order valence-corrected chi connectivity index (χ4v) is 3.36. The Kier molecular flexibility index (Phi) is 2.32. The number of epoxide rings is 1. The summed E-state index contributed by atoms with van der Waals surface area (Å²) in [6.07, 6.45) is 1.69. The minimum absolute atomic E-state index is 0.143. The zero-order valence-electron chi connectivity index (χ0n) is 10.3. The van der Waals surface area contributed by atoms with Crippen molar-refractivity contribution in [3.05, 3.63) is 35.4 Å². The molecule has 1 spiro atoms. The van der Waals surface area contributed by atoms with Crippen molar-refractivity contribution in [1.29, 1.82) is 0 Å². The summed E-state index contributed by atoms with van der Waals surface area (Å²) < 4.78 is 44.2. The van der Waals surface area contributed by atoms with E-state index < -0.39 is 23.0 Å². The number of halogens is 2. The lowest BCUT2D eigenvalue weighted by Crippen LogP contribution is -2.39. The highest BCUT2D eigenvalue weighted by molar-refractivity contribution is 5.33. The molecule has 2 aliphatic heterocycles. The van der Waals surface area contributed by atoms with Crippen molar-refractivity contribution in [1.82, 2.24) is 0 Å². The van der Waals surface area contributed by atoms with Crippen LogP contribution in [0.3, 0.4) is 0 Å².